The van der Waals surface area contributed by atoms with Crippen molar-refractivity contribution in [1.82, 2.24) is 14.7 Å². The number of aromatic nitrogens is 2. The first-order valence-electron chi connectivity index (χ1n) is 6.61. The van der Waals surface area contributed by atoms with E-state index in [4.69, 9.17) is 5.73 Å². The van der Waals surface area contributed by atoms with Gasteiger partial charge in [0.15, 0.2) is 0 Å². The molecule has 1 aliphatic rings. The van der Waals surface area contributed by atoms with Crippen LogP contribution in [0.3, 0.4) is 0 Å². The Hall–Kier alpha value is -0.870. The zero-order valence-electron chi connectivity index (χ0n) is 11.2. The molecule has 2 rings (SSSR count). The highest BCUT2D eigenvalue weighted by molar-refractivity contribution is 5.22. The van der Waals surface area contributed by atoms with Crippen molar-refractivity contribution in [3.05, 3.63) is 17.5 Å². The van der Waals surface area contributed by atoms with E-state index in [0.717, 1.165) is 6.42 Å². The first-order valence-corrected chi connectivity index (χ1v) is 6.61. The minimum Gasteiger partial charge on any atom is -0.329 e. The number of hydrogen-bond donors (Lipinski definition) is 1. The van der Waals surface area contributed by atoms with Crippen molar-refractivity contribution in [2.24, 2.45) is 12.8 Å². The van der Waals surface area contributed by atoms with Gasteiger partial charge in [-0.15, -0.1) is 0 Å². The number of hydrogen-bond acceptors (Lipinski definition) is 3. The molecule has 0 aliphatic heterocycles. The summed E-state index contributed by atoms with van der Waals surface area (Å²) in [5, 5.41) is 4.52. The van der Waals surface area contributed by atoms with Crippen LogP contribution in [0.2, 0.25) is 0 Å². The zero-order valence-corrected chi connectivity index (χ0v) is 11.2. The predicted octanol–water partition coefficient (Wildman–Crippen LogP) is 1.47. The molecule has 4 nitrogen and oxygen atoms in total. The van der Waals surface area contributed by atoms with Gasteiger partial charge in [0.05, 0.1) is 11.7 Å². The molecule has 1 aromatic rings. The Kier molecular flexibility index (Phi) is 3.84. The average Bonchev–Trinajstić information content (AvgIpc) is 2.58. The lowest BCUT2D eigenvalue weighted by molar-refractivity contribution is 0.113. The van der Waals surface area contributed by atoms with Crippen LogP contribution in [0.25, 0.3) is 0 Å². The second kappa shape index (κ2) is 5.19. The van der Waals surface area contributed by atoms with Crippen molar-refractivity contribution in [3.8, 4) is 0 Å². The summed E-state index contributed by atoms with van der Waals surface area (Å²) in [6.45, 7) is 2.83. The lowest BCUT2D eigenvalue weighted by Crippen LogP contribution is -2.42. The van der Waals surface area contributed by atoms with Crippen LogP contribution in [0.15, 0.2) is 6.20 Å². The van der Waals surface area contributed by atoms with Crippen LogP contribution in [0.5, 0.6) is 0 Å². The summed E-state index contributed by atoms with van der Waals surface area (Å²) in [7, 11) is 4.19. The molecule has 2 N–H and O–H groups in total. The third-order valence-corrected chi connectivity index (χ3v) is 4.00. The summed E-state index contributed by atoms with van der Waals surface area (Å²) in [5.41, 5.74) is 8.48. The zero-order chi connectivity index (χ0) is 12.4. The molecule has 1 saturated carbocycles. The molecule has 0 aromatic carbocycles. The molecule has 4 heteroatoms. The van der Waals surface area contributed by atoms with Gasteiger partial charge in [0, 0.05) is 31.4 Å². The molecule has 1 aromatic heterocycles. The van der Waals surface area contributed by atoms with Gasteiger partial charge in [-0.05, 0) is 26.3 Å². The standard InChI is InChI=1S/C13H24N4/c1-4-12-11(9-16(2)15-12)13(8-14)17(3)10-6-5-7-10/h9-10,13H,4-8,14H2,1-3H3. The fourth-order valence-electron chi connectivity index (χ4n) is 2.67. The second-order valence-electron chi connectivity index (χ2n) is 5.06. The van der Waals surface area contributed by atoms with Crippen LogP contribution in [0, 0.1) is 0 Å². The van der Waals surface area contributed by atoms with Crippen molar-refractivity contribution >= 4 is 0 Å². The van der Waals surface area contributed by atoms with E-state index in [9.17, 15) is 0 Å². The minimum absolute atomic E-state index is 0.323. The molecule has 0 amide bonds. The maximum Gasteiger partial charge on any atom is 0.0670 e. The largest absolute Gasteiger partial charge is 0.329 e. The minimum atomic E-state index is 0.323. The van der Waals surface area contributed by atoms with E-state index in [1.165, 1.54) is 30.5 Å². The Morgan fingerprint density at radius 2 is 2.29 bits per heavy atom. The molecular formula is C13H24N4. The molecule has 0 bridgehead atoms. The Labute approximate surface area is 104 Å². The summed E-state index contributed by atoms with van der Waals surface area (Å²) < 4.78 is 1.91. The van der Waals surface area contributed by atoms with E-state index in [1.54, 1.807) is 0 Å². The van der Waals surface area contributed by atoms with Crippen LogP contribution >= 0.6 is 0 Å². The number of rotatable bonds is 5. The Morgan fingerprint density at radius 1 is 1.59 bits per heavy atom. The molecule has 1 unspecified atom stereocenters. The third-order valence-electron chi connectivity index (χ3n) is 4.00. The normalized spacial score (nSPS) is 18.4. The van der Waals surface area contributed by atoms with Gasteiger partial charge in [-0.3, -0.25) is 9.58 Å². The van der Waals surface area contributed by atoms with Crippen molar-refractivity contribution in [2.75, 3.05) is 13.6 Å². The van der Waals surface area contributed by atoms with E-state index in [0.29, 0.717) is 18.6 Å². The summed E-state index contributed by atoms with van der Waals surface area (Å²) in [4.78, 5) is 2.44. The van der Waals surface area contributed by atoms with Gasteiger partial charge in [-0.25, -0.2) is 0 Å². The fraction of sp³-hybridized carbons (Fsp3) is 0.769. The molecule has 17 heavy (non-hydrogen) atoms. The SMILES string of the molecule is CCc1nn(C)cc1C(CN)N(C)C1CCC1. The maximum absolute atomic E-state index is 5.98. The molecule has 1 aliphatic carbocycles. The Morgan fingerprint density at radius 3 is 2.76 bits per heavy atom. The molecule has 0 radical (unpaired) electrons. The maximum atomic E-state index is 5.98. The van der Waals surface area contributed by atoms with Crippen molar-refractivity contribution in [2.45, 2.75) is 44.7 Å². The van der Waals surface area contributed by atoms with Crippen LogP contribution in [0.1, 0.15) is 43.5 Å². The number of nitrogens with two attached hydrogens (primary N) is 1. The van der Waals surface area contributed by atoms with Crippen LogP contribution in [0.4, 0.5) is 0 Å². The molecule has 1 atom stereocenters. The Bertz CT molecular complexity index is 367. The quantitative estimate of drug-likeness (QED) is 0.842. The van der Waals surface area contributed by atoms with Gasteiger partial charge >= 0.3 is 0 Å². The van der Waals surface area contributed by atoms with Gasteiger partial charge in [0.1, 0.15) is 0 Å². The number of likely N-dealkylation sites (N-methyl/N-ethyl adjacent to an activating group) is 1. The lowest BCUT2D eigenvalue weighted by atomic mass is 9.89. The highest BCUT2D eigenvalue weighted by atomic mass is 15.3. The Balaban J connectivity index is 2.20. The van der Waals surface area contributed by atoms with E-state index in [-0.39, 0.29) is 0 Å². The van der Waals surface area contributed by atoms with E-state index in [1.807, 2.05) is 11.7 Å². The van der Waals surface area contributed by atoms with Crippen molar-refractivity contribution in [1.29, 1.82) is 0 Å². The van der Waals surface area contributed by atoms with Crippen molar-refractivity contribution < 1.29 is 0 Å². The molecule has 0 spiro atoms. The highest BCUT2D eigenvalue weighted by Crippen LogP contribution is 2.31. The molecule has 96 valence electrons. The summed E-state index contributed by atoms with van der Waals surface area (Å²) >= 11 is 0. The molecule has 1 fully saturated rings. The van der Waals surface area contributed by atoms with Crippen LogP contribution < -0.4 is 5.73 Å². The summed E-state index contributed by atoms with van der Waals surface area (Å²) in [5.74, 6) is 0. The van der Waals surface area contributed by atoms with Gasteiger partial charge in [0.25, 0.3) is 0 Å². The summed E-state index contributed by atoms with van der Waals surface area (Å²) in [6, 6.07) is 1.04. The van der Waals surface area contributed by atoms with Crippen molar-refractivity contribution in [3.63, 3.8) is 0 Å². The fourth-order valence-corrected chi connectivity index (χ4v) is 2.67. The lowest BCUT2D eigenvalue weighted by Gasteiger charge is -2.39. The highest BCUT2D eigenvalue weighted by Gasteiger charge is 2.29. The van der Waals surface area contributed by atoms with E-state index >= 15 is 0 Å². The topological polar surface area (TPSA) is 47.1 Å². The van der Waals surface area contributed by atoms with E-state index in [2.05, 4.69) is 30.2 Å². The van der Waals surface area contributed by atoms with Crippen LogP contribution in [-0.4, -0.2) is 34.3 Å². The van der Waals surface area contributed by atoms with Gasteiger partial charge in [-0.2, -0.15) is 5.10 Å². The number of aryl methyl sites for hydroxylation is 2. The summed E-state index contributed by atoms with van der Waals surface area (Å²) in [6.07, 6.45) is 7.10. The third kappa shape index (κ3) is 2.38. The monoisotopic (exact) mass is 236 g/mol. The first kappa shape index (κ1) is 12.6. The smallest absolute Gasteiger partial charge is 0.0670 e. The second-order valence-corrected chi connectivity index (χ2v) is 5.06. The van der Waals surface area contributed by atoms with Crippen LogP contribution in [-0.2, 0) is 13.5 Å². The van der Waals surface area contributed by atoms with Gasteiger partial charge in [0.2, 0.25) is 0 Å². The predicted molar refractivity (Wildman–Crippen MR) is 69.8 cm³/mol. The van der Waals surface area contributed by atoms with Gasteiger partial charge < -0.3 is 5.73 Å². The first-order chi connectivity index (χ1) is 8.17. The molecular weight excluding hydrogens is 212 g/mol. The van der Waals surface area contributed by atoms with Gasteiger partial charge in [-0.1, -0.05) is 13.3 Å². The molecule has 0 saturated heterocycles. The molecule has 1 heterocycles. The number of nitrogens with zero attached hydrogens (tertiary/aromatic N) is 3. The average molecular weight is 236 g/mol. The van der Waals surface area contributed by atoms with E-state index < -0.39 is 0 Å².